The Kier molecular flexibility index (Phi) is 4.41. The molecule has 2 rings (SSSR count). The zero-order chi connectivity index (χ0) is 13.7. The van der Waals surface area contributed by atoms with Crippen LogP contribution >= 0.6 is 0 Å². The average Bonchev–Trinajstić information content (AvgIpc) is 2.36. The normalized spacial score (nSPS) is 20.2. The Morgan fingerprint density at radius 2 is 1.89 bits per heavy atom. The van der Waals surface area contributed by atoms with Crippen LogP contribution in [0.2, 0.25) is 0 Å². The van der Waals surface area contributed by atoms with Crippen molar-refractivity contribution >= 4 is 5.71 Å². The highest BCUT2D eigenvalue weighted by Crippen LogP contribution is 2.33. The molecule has 0 spiro atoms. The minimum atomic E-state index is 0.276. The first-order valence-electron chi connectivity index (χ1n) is 7.06. The molecule has 0 amide bonds. The number of ether oxygens (including phenoxy) is 1. The fourth-order valence-electron chi connectivity index (χ4n) is 2.55. The summed E-state index contributed by atoms with van der Waals surface area (Å²) in [5.74, 6) is 1.11. The number of hydrogen-bond acceptors (Lipinski definition) is 1. The monoisotopic (exact) mass is 258 g/mol. The molecule has 1 N–H and O–H groups in total. The second-order valence-electron chi connectivity index (χ2n) is 5.93. The van der Waals surface area contributed by atoms with Crippen molar-refractivity contribution in [2.24, 2.45) is 5.41 Å². The topological polar surface area (TPSA) is 23.2 Å². The summed E-state index contributed by atoms with van der Waals surface area (Å²) < 4.78 is 5.70. The Labute approximate surface area is 116 Å². The summed E-state index contributed by atoms with van der Waals surface area (Å²) in [4.78, 5) is 3.54. The first kappa shape index (κ1) is 13.9. The number of allylic oxidation sites excluding steroid dienone is 2. The molecule has 2 nitrogen and oxygen atoms in total. The van der Waals surface area contributed by atoms with E-state index < -0.39 is 0 Å². The van der Waals surface area contributed by atoms with E-state index in [0.717, 1.165) is 31.8 Å². The van der Waals surface area contributed by atoms with Crippen LogP contribution in [0.15, 0.2) is 42.2 Å². The van der Waals surface area contributed by atoms with Crippen LogP contribution in [0.3, 0.4) is 0 Å². The minimum absolute atomic E-state index is 0.276. The van der Waals surface area contributed by atoms with Gasteiger partial charge in [0.15, 0.2) is 12.3 Å². The smallest absolute Gasteiger partial charge is 0.178 e. The number of hydrogen-bond donors (Lipinski definition) is 1. The summed E-state index contributed by atoms with van der Waals surface area (Å²) in [7, 11) is 0. The van der Waals surface area contributed by atoms with Crippen molar-refractivity contribution in [2.45, 2.75) is 40.2 Å². The molecule has 0 unspecified atom stereocenters. The van der Waals surface area contributed by atoms with E-state index in [9.17, 15) is 0 Å². The van der Waals surface area contributed by atoms with E-state index >= 15 is 0 Å². The van der Waals surface area contributed by atoms with Crippen LogP contribution in [0.25, 0.3) is 0 Å². The van der Waals surface area contributed by atoms with Crippen molar-refractivity contribution in [3.8, 4) is 0 Å². The largest absolute Gasteiger partial charge is 0.498 e. The van der Waals surface area contributed by atoms with E-state index in [0.29, 0.717) is 0 Å². The van der Waals surface area contributed by atoms with Gasteiger partial charge in [0.05, 0.1) is 6.61 Å². The lowest BCUT2D eigenvalue weighted by Gasteiger charge is -2.28. The van der Waals surface area contributed by atoms with Crippen LogP contribution in [-0.2, 0) is 11.3 Å². The molecule has 0 saturated heterocycles. The Morgan fingerprint density at radius 1 is 1.16 bits per heavy atom. The van der Waals surface area contributed by atoms with Crippen LogP contribution in [-0.4, -0.2) is 12.3 Å². The highest BCUT2D eigenvalue weighted by atomic mass is 16.5. The number of rotatable bonds is 4. The molecule has 0 atom stereocenters. The molecule has 1 aromatic carbocycles. The third kappa shape index (κ3) is 4.23. The average molecular weight is 258 g/mol. The van der Waals surface area contributed by atoms with Crippen LogP contribution < -0.4 is 4.99 Å². The van der Waals surface area contributed by atoms with Crippen molar-refractivity contribution in [3.63, 3.8) is 0 Å². The molecule has 2 heteroatoms. The molecule has 102 valence electrons. The molecule has 0 aromatic heterocycles. The second kappa shape index (κ2) is 6.05. The van der Waals surface area contributed by atoms with Gasteiger partial charge in [-0.15, -0.1) is 0 Å². The van der Waals surface area contributed by atoms with E-state index in [1.165, 1.54) is 11.3 Å². The minimum Gasteiger partial charge on any atom is -0.498 e. The Morgan fingerprint density at radius 3 is 2.58 bits per heavy atom. The second-order valence-corrected chi connectivity index (χ2v) is 5.93. The lowest BCUT2D eigenvalue weighted by molar-refractivity contribution is -0.476. The summed E-state index contributed by atoms with van der Waals surface area (Å²) in [5, 5.41) is 0. The maximum absolute atomic E-state index is 5.70. The molecule has 0 radical (unpaired) electrons. The third-order valence-electron chi connectivity index (χ3n) is 3.35. The molecule has 0 bridgehead atoms. The molecule has 0 fully saturated rings. The van der Waals surface area contributed by atoms with Gasteiger partial charge in [0.1, 0.15) is 5.76 Å². The first-order valence-corrected chi connectivity index (χ1v) is 7.06. The summed E-state index contributed by atoms with van der Waals surface area (Å²) in [6, 6.07) is 10.5. The molecule has 0 aliphatic heterocycles. The van der Waals surface area contributed by atoms with Crippen molar-refractivity contribution < 1.29 is 9.73 Å². The molecule has 19 heavy (non-hydrogen) atoms. The van der Waals surface area contributed by atoms with Gasteiger partial charge in [-0.05, 0) is 12.3 Å². The van der Waals surface area contributed by atoms with Gasteiger partial charge in [-0.25, -0.2) is 4.99 Å². The lowest BCUT2D eigenvalue weighted by Crippen LogP contribution is -2.71. The maximum Gasteiger partial charge on any atom is 0.178 e. The van der Waals surface area contributed by atoms with E-state index in [-0.39, 0.29) is 5.41 Å². The molecule has 0 saturated carbocycles. The van der Waals surface area contributed by atoms with Gasteiger partial charge < -0.3 is 4.74 Å². The molecular weight excluding hydrogens is 234 g/mol. The predicted molar refractivity (Wildman–Crippen MR) is 78.8 cm³/mol. The molecule has 1 aliphatic rings. The summed E-state index contributed by atoms with van der Waals surface area (Å²) >= 11 is 0. The predicted octanol–water partition coefficient (Wildman–Crippen LogP) is 2.45. The number of nitrogens with one attached hydrogen (secondary N) is 1. The van der Waals surface area contributed by atoms with Crippen molar-refractivity contribution in [3.05, 3.63) is 47.7 Å². The number of benzene rings is 1. The maximum atomic E-state index is 5.70. The van der Waals surface area contributed by atoms with Gasteiger partial charge in [-0.1, -0.05) is 44.2 Å². The molecule has 1 aromatic rings. The molecular formula is C17H24NO+. The van der Waals surface area contributed by atoms with Gasteiger partial charge in [0, 0.05) is 24.5 Å². The molecule has 0 heterocycles. The summed E-state index contributed by atoms with van der Waals surface area (Å²) in [5.41, 5.74) is 2.87. The fourth-order valence-corrected chi connectivity index (χ4v) is 2.55. The highest BCUT2D eigenvalue weighted by Gasteiger charge is 2.29. The van der Waals surface area contributed by atoms with Gasteiger partial charge in [-0.2, -0.15) is 0 Å². The van der Waals surface area contributed by atoms with Gasteiger partial charge in [0.25, 0.3) is 0 Å². The standard InChI is InChI=1S/C17H23NO/c1-4-19-16-10-15(11-17(2,3)12-16)18-13-14-8-6-5-7-9-14/h5-10H,4,11-13H2,1-3H3/p+1. The van der Waals surface area contributed by atoms with E-state index in [1.54, 1.807) is 0 Å². The Bertz CT molecular complexity index is 471. The first-order chi connectivity index (χ1) is 9.09. The third-order valence-corrected chi connectivity index (χ3v) is 3.35. The van der Waals surface area contributed by atoms with E-state index in [1.807, 2.05) is 13.0 Å². The Balaban J connectivity index is 2.11. The summed E-state index contributed by atoms with van der Waals surface area (Å²) in [6.45, 7) is 8.25. The van der Waals surface area contributed by atoms with Crippen LogP contribution in [0.1, 0.15) is 39.2 Å². The van der Waals surface area contributed by atoms with Crippen molar-refractivity contribution in [1.29, 1.82) is 0 Å². The Hall–Kier alpha value is -1.57. The zero-order valence-corrected chi connectivity index (χ0v) is 12.2. The van der Waals surface area contributed by atoms with E-state index in [4.69, 9.17) is 4.74 Å². The summed E-state index contributed by atoms with van der Waals surface area (Å²) in [6.07, 6.45) is 4.28. The molecule has 1 aliphatic carbocycles. The van der Waals surface area contributed by atoms with Gasteiger partial charge in [-0.3, -0.25) is 0 Å². The fraction of sp³-hybridized carbons (Fsp3) is 0.471. The van der Waals surface area contributed by atoms with Crippen LogP contribution in [0, 0.1) is 5.41 Å². The van der Waals surface area contributed by atoms with Crippen LogP contribution in [0.5, 0.6) is 0 Å². The quantitative estimate of drug-likeness (QED) is 0.881. The van der Waals surface area contributed by atoms with E-state index in [2.05, 4.69) is 49.2 Å². The van der Waals surface area contributed by atoms with Crippen molar-refractivity contribution in [1.82, 2.24) is 0 Å². The van der Waals surface area contributed by atoms with Gasteiger partial charge >= 0.3 is 0 Å². The SMILES string of the molecule is CCOC1=CC(=[NH+]Cc2ccccc2)CC(C)(C)C1. The zero-order valence-electron chi connectivity index (χ0n) is 12.2. The van der Waals surface area contributed by atoms with Gasteiger partial charge in [0.2, 0.25) is 0 Å². The highest BCUT2D eigenvalue weighted by molar-refractivity contribution is 5.91. The van der Waals surface area contributed by atoms with Crippen molar-refractivity contribution in [2.75, 3.05) is 6.61 Å². The van der Waals surface area contributed by atoms with Crippen LogP contribution in [0.4, 0.5) is 0 Å². The lowest BCUT2D eigenvalue weighted by atomic mass is 9.79.